The number of nitrogen functional groups attached to an aromatic ring is 1. The molecule has 0 bridgehead atoms. The molecular weight excluding hydrogens is 405 g/mol. The molecule has 7 nitrogen and oxygen atoms in total. The lowest BCUT2D eigenvalue weighted by Crippen LogP contribution is -2.32. The zero-order valence-electron chi connectivity index (χ0n) is 15.0. The molecule has 9 heteroatoms. The molecule has 1 unspecified atom stereocenters. The van der Waals surface area contributed by atoms with Crippen LogP contribution in [-0.4, -0.2) is 30.4 Å². The number of ether oxygens (including phenoxy) is 1. The van der Waals surface area contributed by atoms with Crippen molar-refractivity contribution in [1.29, 1.82) is 0 Å². The summed E-state index contributed by atoms with van der Waals surface area (Å²) >= 11 is 11.7. The van der Waals surface area contributed by atoms with Crippen LogP contribution >= 0.6 is 23.2 Å². The molecule has 0 saturated heterocycles. The van der Waals surface area contributed by atoms with Crippen molar-refractivity contribution in [2.75, 3.05) is 17.6 Å². The average Bonchev–Trinajstić information content (AvgIpc) is 2.61. The highest BCUT2D eigenvalue weighted by Crippen LogP contribution is 2.22. The molecule has 2 amide bonds. The van der Waals surface area contributed by atoms with Gasteiger partial charge in [0.05, 0.1) is 6.42 Å². The van der Waals surface area contributed by atoms with Crippen LogP contribution in [0.3, 0.4) is 0 Å². The van der Waals surface area contributed by atoms with E-state index in [1.165, 1.54) is 25.1 Å². The van der Waals surface area contributed by atoms with E-state index in [1.54, 1.807) is 24.3 Å². The largest absolute Gasteiger partial charge is 0.452 e. The van der Waals surface area contributed by atoms with Gasteiger partial charge in [0.25, 0.3) is 11.8 Å². The molecule has 28 heavy (non-hydrogen) atoms. The summed E-state index contributed by atoms with van der Waals surface area (Å²) in [7, 11) is 0. The van der Waals surface area contributed by atoms with Crippen molar-refractivity contribution in [3.05, 3.63) is 58.1 Å². The molecular formula is C19H19Cl2N3O4. The van der Waals surface area contributed by atoms with Gasteiger partial charge in [0.1, 0.15) is 0 Å². The Kier molecular flexibility index (Phi) is 7.66. The minimum atomic E-state index is -1.03. The average molecular weight is 424 g/mol. The van der Waals surface area contributed by atoms with Gasteiger partial charge in [-0.25, -0.2) is 0 Å². The second-order valence-corrected chi connectivity index (χ2v) is 6.78. The molecule has 2 aromatic rings. The van der Waals surface area contributed by atoms with Crippen molar-refractivity contribution in [1.82, 2.24) is 5.32 Å². The van der Waals surface area contributed by atoms with Crippen LogP contribution in [0, 0.1) is 0 Å². The number of anilines is 2. The van der Waals surface area contributed by atoms with Gasteiger partial charge in [0.2, 0.25) is 0 Å². The summed E-state index contributed by atoms with van der Waals surface area (Å²) in [6.07, 6.45) is -1.11. The summed E-state index contributed by atoms with van der Waals surface area (Å²) in [4.78, 5) is 35.9. The summed E-state index contributed by atoms with van der Waals surface area (Å²) in [5.74, 6) is -1.49. The molecule has 0 fully saturated rings. The number of esters is 1. The topological polar surface area (TPSA) is 111 Å². The Morgan fingerprint density at radius 1 is 1.07 bits per heavy atom. The van der Waals surface area contributed by atoms with Crippen LogP contribution in [0.15, 0.2) is 42.5 Å². The van der Waals surface area contributed by atoms with Crippen molar-refractivity contribution in [2.45, 2.75) is 19.4 Å². The van der Waals surface area contributed by atoms with Crippen molar-refractivity contribution >= 4 is 52.4 Å². The minimum absolute atomic E-state index is 0.0697. The van der Waals surface area contributed by atoms with Crippen LogP contribution in [0.1, 0.15) is 23.7 Å². The third-order valence-electron chi connectivity index (χ3n) is 3.60. The molecule has 0 aliphatic heterocycles. The molecule has 148 valence electrons. The molecule has 0 aromatic heterocycles. The number of carbonyl (C=O) groups excluding carboxylic acids is 3. The molecule has 0 radical (unpaired) electrons. The Labute approximate surface area is 172 Å². The van der Waals surface area contributed by atoms with Gasteiger partial charge in [-0.1, -0.05) is 23.2 Å². The summed E-state index contributed by atoms with van der Waals surface area (Å²) in [5, 5.41) is 5.89. The molecule has 0 spiro atoms. The van der Waals surface area contributed by atoms with E-state index in [9.17, 15) is 14.4 Å². The second kappa shape index (κ2) is 9.96. The van der Waals surface area contributed by atoms with E-state index in [1.807, 2.05) is 0 Å². The van der Waals surface area contributed by atoms with E-state index in [0.717, 1.165) is 0 Å². The highest BCUT2D eigenvalue weighted by molar-refractivity contribution is 6.35. The van der Waals surface area contributed by atoms with Gasteiger partial charge in [-0.3, -0.25) is 14.4 Å². The molecule has 0 heterocycles. The first-order chi connectivity index (χ1) is 13.2. The minimum Gasteiger partial charge on any atom is -0.452 e. The fraction of sp³-hybridized carbons (Fsp3) is 0.211. The number of rotatable bonds is 7. The first-order valence-corrected chi connectivity index (χ1v) is 9.10. The van der Waals surface area contributed by atoms with Crippen molar-refractivity contribution in [3.8, 4) is 0 Å². The van der Waals surface area contributed by atoms with Gasteiger partial charge < -0.3 is 21.1 Å². The SMILES string of the molecule is CC(OC(=O)CCNC(=O)c1ccc(N)cc1)C(=O)Nc1cc(Cl)cc(Cl)c1. The molecule has 0 saturated carbocycles. The predicted octanol–water partition coefficient (Wildman–Crippen LogP) is 3.27. The molecule has 2 rings (SSSR count). The van der Waals surface area contributed by atoms with Crippen LogP contribution in [0.4, 0.5) is 11.4 Å². The van der Waals surface area contributed by atoms with E-state index >= 15 is 0 Å². The number of nitrogens with two attached hydrogens (primary N) is 1. The quantitative estimate of drug-likeness (QED) is 0.467. The highest BCUT2D eigenvalue weighted by Gasteiger charge is 2.18. The maximum Gasteiger partial charge on any atom is 0.308 e. The lowest BCUT2D eigenvalue weighted by atomic mass is 10.2. The number of amides is 2. The van der Waals surface area contributed by atoms with Gasteiger partial charge in [-0.05, 0) is 49.4 Å². The van der Waals surface area contributed by atoms with Crippen LogP contribution in [-0.2, 0) is 14.3 Å². The monoisotopic (exact) mass is 423 g/mol. The van der Waals surface area contributed by atoms with E-state index < -0.39 is 18.0 Å². The standard InChI is InChI=1S/C19H19Cl2N3O4/c1-11(18(26)24-16-9-13(20)8-14(21)10-16)28-17(25)6-7-23-19(27)12-2-4-15(22)5-3-12/h2-5,8-11H,6-7,22H2,1H3,(H,23,27)(H,24,26). The second-order valence-electron chi connectivity index (χ2n) is 5.91. The van der Waals surface area contributed by atoms with Crippen molar-refractivity contribution in [3.63, 3.8) is 0 Å². The Morgan fingerprint density at radius 3 is 2.29 bits per heavy atom. The number of hydrogen-bond donors (Lipinski definition) is 3. The first-order valence-electron chi connectivity index (χ1n) is 8.35. The maximum atomic E-state index is 12.1. The number of benzene rings is 2. The van der Waals surface area contributed by atoms with Gasteiger partial charge in [-0.15, -0.1) is 0 Å². The lowest BCUT2D eigenvalue weighted by Gasteiger charge is -2.14. The van der Waals surface area contributed by atoms with Crippen LogP contribution in [0.2, 0.25) is 10.0 Å². The number of carbonyl (C=O) groups is 3. The van der Waals surface area contributed by atoms with E-state index in [0.29, 0.717) is 27.0 Å². The van der Waals surface area contributed by atoms with Crippen LogP contribution in [0.25, 0.3) is 0 Å². The number of halogens is 2. The normalized spacial score (nSPS) is 11.4. The molecule has 0 aliphatic carbocycles. The molecule has 2 aromatic carbocycles. The Bertz CT molecular complexity index is 852. The Morgan fingerprint density at radius 2 is 1.68 bits per heavy atom. The fourth-order valence-electron chi connectivity index (χ4n) is 2.19. The van der Waals surface area contributed by atoms with E-state index in [2.05, 4.69) is 10.6 Å². The number of hydrogen-bond acceptors (Lipinski definition) is 5. The van der Waals surface area contributed by atoms with E-state index in [4.69, 9.17) is 33.7 Å². The summed E-state index contributed by atoms with van der Waals surface area (Å²) in [6, 6.07) is 10.9. The predicted molar refractivity (Wildman–Crippen MR) is 108 cm³/mol. The van der Waals surface area contributed by atoms with Crippen molar-refractivity contribution in [2.24, 2.45) is 0 Å². The van der Waals surface area contributed by atoms with Gasteiger partial charge in [0.15, 0.2) is 6.10 Å². The maximum absolute atomic E-state index is 12.1. The Hall–Kier alpha value is -2.77. The van der Waals surface area contributed by atoms with Gasteiger partial charge in [-0.2, -0.15) is 0 Å². The number of nitrogens with one attached hydrogen (secondary N) is 2. The molecule has 1 atom stereocenters. The van der Waals surface area contributed by atoms with Gasteiger partial charge >= 0.3 is 5.97 Å². The summed E-state index contributed by atoms with van der Waals surface area (Å²) in [6.45, 7) is 1.51. The highest BCUT2D eigenvalue weighted by atomic mass is 35.5. The summed E-state index contributed by atoms with van der Waals surface area (Å²) in [5.41, 5.74) is 6.93. The fourth-order valence-corrected chi connectivity index (χ4v) is 2.72. The third-order valence-corrected chi connectivity index (χ3v) is 4.03. The van der Waals surface area contributed by atoms with Crippen LogP contribution < -0.4 is 16.4 Å². The van der Waals surface area contributed by atoms with E-state index in [-0.39, 0.29) is 18.9 Å². The van der Waals surface area contributed by atoms with Crippen molar-refractivity contribution < 1.29 is 19.1 Å². The lowest BCUT2D eigenvalue weighted by molar-refractivity contribution is -0.153. The zero-order valence-corrected chi connectivity index (χ0v) is 16.5. The first kappa shape index (κ1) is 21.5. The Balaban J connectivity index is 1.76. The third kappa shape index (κ3) is 6.75. The molecule has 4 N–H and O–H groups in total. The zero-order chi connectivity index (χ0) is 20.7. The smallest absolute Gasteiger partial charge is 0.308 e. The molecule has 0 aliphatic rings. The summed E-state index contributed by atoms with van der Waals surface area (Å²) < 4.78 is 5.06. The van der Waals surface area contributed by atoms with Gasteiger partial charge in [0, 0.05) is 33.5 Å². The van der Waals surface area contributed by atoms with Crippen LogP contribution in [0.5, 0.6) is 0 Å².